The Balaban J connectivity index is 2.26. The Morgan fingerprint density at radius 1 is 1.30 bits per heavy atom. The highest BCUT2D eigenvalue weighted by atomic mass is 79.9. The van der Waals surface area contributed by atoms with Crippen LogP contribution in [0, 0.1) is 0 Å². The Hall–Kier alpha value is -0.890. The van der Waals surface area contributed by atoms with Crippen LogP contribution in [-0.4, -0.2) is 14.2 Å². The summed E-state index contributed by atoms with van der Waals surface area (Å²) >= 11 is 10.0. The lowest BCUT2D eigenvalue weighted by Gasteiger charge is -2.06. The van der Waals surface area contributed by atoms with Crippen LogP contribution in [0.25, 0.3) is 0 Å². The SMILES string of the molecule is CC(=O)c1ccc(NS(=O)(=O)c2cc(Cl)c(Br)s2)cc1. The Morgan fingerprint density at radius 3 is 2.35 bits per heavy atom. The van der Waals surface area contributed by atoms with Crippen molar-refractivity contribution in [2.75, 3.05) is 4.72 Å². The quantitative estimate of drug-likeness (QED) is 0.792. The molecule has 0 bridgehead atoms. The van der Waals surface area contributed by atoms with Gasteiger partial charge in [-0.25, -0.2) is 8.42 Å². The van der Waals surface area contributed by atoms with E-state index in [0.29, 0.717) is 20.1 Å². The number of Topliss-reactive ketones (excluding diaryl/α,β-unsaturated/α-hetero) is 1. The van der Waals surface area contributed by atoms with Crippen LogP contribution >= 0.6 is 38.9 Å². The first-order valence-corrected chi connectivity index (χ1v) is 8.85. The maximum absolute atomic E-state index is 12.1. The third kappa shape index (κ3) is 3.41. The van der Waals surface area contributed by atoms with Crippen LogP contribution in [-0.2, 0) is 10.0 Å². The van der Waals surface area contributed by atoms with E-state index in [1.165, 1.54) is 13.0 Å². The molecule has 0 radical (unpaired) electrons. The minimum absolute atomic E-state index is 0.0756. The van der Waals surface area contributed by atoms with Crippen molar-refractivity contribution in [3.8, 4) is 0 Å². The van der Waals surface area contributed by atoms with Crippen molar-refractivity contribution in [2.24, 2.45) is 0 Å². The first-order chi connectivity index (χ1) is 9.29. The highest BCUT2D eigenvalue weighted by molar-refractivity contribution is 9.11. The number of sulfonamides is 1. The monoisotopic (exact) mass is 393 g/mol. The molecule has 0 fully saturated rings. The first kappa shape index (κ1) is 15.5. The van der Waals surface area contributed by atoms with Crippen LogP contribution in [0.15, 0.2) is 38.3 Å². The number of ketones is 1. The van der Waals surface area contributed by atoms with Crippen LogP contribution in [0.5, 0.6) is 0 Å². The molecule has 0 saturated heterocycles. The summed E-state index contributed by atoms with van der Waals surface area (Å²) in [6.45, 7) is 1.45. The molecule has 0 aliphatic carbocycles. The van der Waals surface area contributed by atoms with Gasteiger partial charge in [0.25, 0.3) is 10.0 Å². The fourth-order valence-corrected chi connectivity index (χ4v) is 4.89. The molecule has 1 N–H and O–H groups in total. The Labute approximate surface area is 134 Å². The third-order valence-electron chi connectivity index (χ3n) is 2.43. The fourth-order valence-electron chi connectivity index (χ4n) is 1.44. The molecular weight excluding hydrogens is 386 g/mol. The van der Waals surface area contributed by atoms with E-state index in [0.717, 1.165) is 11.3 Å². The van der Waals surface area contributed by atoms with Gasteiger partial charge in [-0.1, -0.05) is 11.6 Å². The summed E-state index contributed by atoms with van der Waals surface area (Å²) in [7, 11) is -3.68. The molecule has 0 aliphatic heterocycles. The topological polar surface area (TPSA) is 63.2 Å². The molecule has 1 heterocycles. The van der Waals surface area contributed by atoms with Gasteiger partial charge in [0.05, 0.1) is 8.81 Å². The Bertz CT molecular complexity index is 734. The number of nitrogens with one attached hydrogen (secondary N) is 1. The van der Waals surface area contributed by atoms with Gasteiger partial charge in [0.1, 0.15) is 4.21 Å². The van der Waals surface area contributed by atoms with Crippen molar-refractivity contribution in [3.63, 3.8) is 0 Å². The maximum Gasteiger partial charge on any atom is 0.271 e. The minimum Gasteiger partial charge on any atom is -0.295 e. The van der Waals surface area contributed by atoms with Crippen LogP contribution < -0.4 is 4.72 Å². The zero-order valence-corrected chi connectivity index (χ0v) is 14.2. The predicted molar refractivity (Wildman–Crippen MR) is 84.3 cm³/mol. The largest absolute Gasteiger partial charge is 0.295 e. The van der Waals surface area contributed by atoms with Crippen LogP contribution in [0.1, 0.15) is 17.3 Å². The maximum atomic E-state index is 12.1. The summed E-state index contributed by atoms with van der Waals surface area (Å²) in [4.78, 5) is 11.1. The molecule has 0 spiro atoms. The lowest BCUT2D eigenvalue weighted by Crippen LogP contribution is -2.11. The summed E-state index contributed by atoms with van der Waals surface area (Å²) in [5, 5.41) is 0.349. The van der Waals surface area contributed by atoms with Crippen molar-refractivity contribution in [3.05, 3.63) is 44.7 Å². The molecule has 1 aromatic heterocycles. The predicted octanol–water partition coefficient (Wildman–Crippen LogP) is 4.17. The van der Waals surface area contributed by atoms with Crippen molar-refractivity contribution < 1.29 is 13.2 Å². The van der Waals surface area contributed by atoms with Crippen LogP contribution in [0.2, 0.25) is 5.02 Å². The summed E-state index contributed by atoms with van der Waals surface area (Å²) < 4.78 is 27.4. The molecule has 20 heavy (non-hydrogen) atoms. The van der Waals surface area contributed by atoms with Crippen molar-refractivity contribution >= 4 is 60.4 Å². The fraction of sp³-hybridized carbons (Fsp3) is 0.0833. The number of rotatable bonds is 4. The van der Waals surface area contributed by atoms with Gasteiger partial charge in [-0.05, 0) is 53.2 Å². The van der Waals surface area contributed by atoms with Gasteiger partial charge in [0, 0.05) is 11.3 Å². The number of carbonyl (C=O) groups is 1. The van der Waals surface area contributed by atoms with Crippen molar-refractivity contribution in [1.29, 1.82) is 0 Å². The van der Waals surface area contributed by atoms with E-state index in [1.54, 1.807) is 24.3 Å². The summed E-state index contributed by atoms with van der Waals surface area (Å²) in [6.07, 6.45) is 0. The number of halogens is 2. The van der Waals surface area contributed by atoms with E-state index in [-0.39, 0.29) is 9.99 Å². The van der Waals surface area contributed by atoms with E-state index in [2.05, 4.69) is 20.7 Å². The average Bonchev–Trinajstić information content (AvgIpc) is 2.71. The lowest BCUT2D eigenvalue weighted by molar-refractivity contribution is 0.101. The van der Waals surface area contributed by atoms with Crippen LogP contribution in [0.4, 0.5) is 5.69 Å². The molecule has 1 aromatic carbocycles. The highest BCUT2D eigenvalue weighted by Gasteiger charge is 2.19. The summed E-state index contributed by atoms with van der Waals surface area (Å²) in [5.41, 5.74) is 0.908. The molecule has 0 saturated carbocycles. The zero-order chi connectivity index (χ0) is 14.9. The Morgan fingerprint density at radius 2 is 1.90 bits per heavy atom. The van der Waals surface area contributed by atoms with Gasteiger partial charge in [-0.2, -0.15) is 0 Å². The second-order valence-electron chi connectivity index (χ2n) is 3.93. The molecule has 8 heteroatoms. The van der Waals surface area contributed by atoms with E-state index >= 15 is 0 Å². The minimum atomic E-state index is -3.68. The smallest absolute Gasteiger partial charge is 0.271 e. The van der Waals surface area contributed by atoms with E-state index in [4.69, 9.17) is 11.6 Å². The second-order valence-corrected chi connectivity index (χ2v) is 8.61. The molecule has 0 unspecified atom stereocenters. The van der Waals surface area contributed by atoms with Gasteiger partial charge in [-0.15, -0.1) is 11.3 Å². The molecule has 0 aliphatic rings. The van der Waals surface area contributed by atoms with Gasteiger partial charge < -0.3 is 0 Å². The normalized spacial score (nSPS) is 11.3. The number of hydrogen-bond donors (Lipinski definition) is 1. The Kier molecular flexibility index (Phi) is 4.53. The summed E-state index contributed by atoms with van der Waals surface area (Å²) in [5.74, 6) is -0.0756. The van der Waals surface area contributed by atoms with Gasteiger partial charge in [0.15, 0.2) is 5.78 Å². The molecule has 2 rings (SSSR count). The number of carbonyl (C=O) groups excluding carboxylic acids is 1. The van der Waals surface area contributed by atoms with E-state index < -0.39 is 10.0 Å². The summed E-state index contributed by atoms with van der Waals surface area (Å²) in [6, 6.07) is 7.59. The van der Waals surface area contributed by atoms with Crippen LogP contribution in [0.3, 0.4) is 0 Å². The van der Waals surface area contributed by atoms with Gasteiger partial charge >= 0.3 is 0 Å². The highest BCUT2D eigenvalue weighted by Crippen LogP contribution is 2.35. The molecule has 0 atom stereocenters. The lowest BCUT2D eigenvalue weighted by atomic mass is 10.1. The second kappa shape index (κ2) is 5.85. The molecule has 4 nitrogen and oxygen atoms in total. The number of benzene rings is 1. The standard InChI is InChI=1S/C12H9BrClNO3S2/c1-7(16)8-2-4-9(5-3-8)15-20(17,18)11-6-10(14)12(13)19-11/h2-6,15H,1H3. The molecule has 2 aromatic rings. The van der Waals surface area contributed by atoms with Gasteiger partial charge in [0.2, 0.25) is 0 Å². The number of anilines is 1. The zero-order valence-electron chi connectivity index (χ0n) is 10.2. The third-order valence-corrected chi connectivity index (χ3v) is 6.76. The van der Waals surface area contributed by atoms with Crippen molar-refractivity contribution in [1.82, 2.24) is 0 Å². The molecular formula is C12H9BrClNO3S2. The number of hydrogen-bond acceptors (Lipinski definition) is 4. The van der Waals surface area contributed by atoms with Gasteiger partial charge in [-0.3, -0.25) is 9.52 Å². The first-order valence-electron chi connectivity index (χ1n) is 5.38. The van der Waals surface area contributed by atoms with Crippen molar-refractivity contribution in [2.45, 2.75) is 11.1 Å². The number of thiophene rings is 1. The van der Waals surface area contributed by atoms with E-state index in [9.17, 15) is 13.2 Å². The van der Waals surface area contributed by atoms with E-state index in [1.807, 2.05) is 0 Å². The molecule has 0 amide bonds. The molecule has 106 valence electrons. The average molecular weight is 395 g/mol.